The lowest BCUT2D eigenvalue weighted by Crippen LogP contribution is -2.48. The maximum Gasteiger partial charge on any atom is 0.180 e. The zero-order valence-electron chi connectivity index (χ0n) is 20.8. The summed E-state index contributed by atoms with van der Waals surface area (Å²) in [5.74, 6) is 0. The zero-order chi connectivity index (χ0) is 21.4. The van der Waals surface area contributed by atoms with Crippen molar-refractivity contribution in [3.8, 4) is 0 Å². The van der Waals surface area contributed by atoms with Crippen LogP contribution in [0.3, 0.4) is 0 Å². The van der Waals surface area contributed by atoms with Gasteiger partial charge in [0.1, 0.15) is 0 Å². The second-order valence-corrected chi connectivity index (χ2v) is 41.3. The van der Waals surface area contributed by atoms with E-state index in [1.807, 2.05) is 0 Å². The van der Waals surface area contributed by atoms with Crippen LogP contribution in [0.25, 0.3) is 0 Å². The van der Waals surface area contributed by atoms with E-state index >= 15 is 0 Å². The number of hydrogen-bond acceptors (Lipinski definition) is 1. The van der Waals surface area contributed by atoms with Gasteiger partial charge in [0.05, 0.1) is 0 Å². The van der Waals surface area contributed by atoms with Gasteiger partial charge in [-0.1, -0.05) is 192 Å². The van der Waals surface area contributed by atoms with E-state index in [9.17, 15) is 4.80 Å². The lowest BCUT2D eigenvalue weighted by atomic mass is 11.0. The minimum absolute atomic E-state index is 0. The SMILES string of the molecule is C.C.C.C.C.C.C.C.C.C.C.C.CC[Si](C)(C)C[SiH](C)C.CC[Si](C)(C)C[Si](C)(O)C[Si](C)(C)C[SiH](C)C. The fourth-order valence-corrected chi connectivity index (χ4v) is 44.5. The van der Waals surface area contributed by atoms with Gasteiger partial charge in [-0.3, -0.25) is 0 Å². The highest BCUT2D eigenvalue weighted by molar-refractivity contribution is 7.02. The summed E-state index contributed by atoms with van der Waals surface area (Å²) in [4.78, 5) is 10.9. The lowest BCUT2D eigenvalue weighted by molar-refractivity contribution is 0.552. The van der Waals surface area contributed by atoms with Crippen molar-refractivity contribution in [3.05, 3.63) is 0 Å². The van der Waals surface area contributed by atoms with Crippen LogP contribution >= 0.6 is 0 Å². The molecule has 0 aliphatic carbocycles. The molecule has 1 atom stereocenters. The minimum atomic E-state index is -1.92. The van der Waals surface area contributed by atoms with Crippen molar-refractivity contribution >= 4 is 50.1 Å². The van der Waals surface area contributed by atoms with E-state index < -0.39 is 41.3 Å². The summed E-state index contributed by atoms with van der Waals surface area (Å²) in [5.41, 5.74) is 5.59. The summed E-state index contributed by atoms with van der Waals surface area (Å²) in [5, 5.41) is 0. The van der Waals surface area contributed by atoms with Gasteiger partial charge in [-0.15, -0.1) is 0 Å². The Kier molecular flexibility index (Phi) is 90.7. The first-order valence-electron chi connectivity index (χ1n) is 11.1. The van der Waals surface area contributed by atoms with Crippen molar-refractivity contribution in [2.45, 2.75) is 210 Å². The molecule has 0 fully saturated rings. The molecule has 0 saturated heterocycles. The van der Waals surface area contributed by atoms with Gasteiger partial charge in [0.25, 0.3) is 0 Å². The minimum Gasteiger partial charge on any atom is -0.433 e. The van der Waals surface area contributed by atoms with Crippen LogP contribution in [0.5, 0.6) is 0 Å². The standard InChI is InChI=1S/C12H34OSi4.C7H20Si2.12CH4/c1-9-15(4,5)11-17(8,13)12-16(6,7)10-14(2)3;1-6-9(4,5)7-8(2)3;;;;;;;;;;;;/h13-14H,9-12H2,1-8H3;8H,6-7H2,1-5H3;12*1H4. The topological polar surface area (TPSA) is 20.2 Å². The molecule has 1 unspecified atom stereocenters. The normalized spacial score (nSPS) is 10.7. The Hall–Kier alpha value is 1.26. The Labute approximate surface area is 263 Å². The van der Waals surface area contributed by atoms with Crippen LogP contribution in [-0.4, -0.2) is 54.9 Å². The van der Waals surface area contributed by atoms with Gasteiger partial charge in [-0.25, -0.2) is 0 Å². The van der Waals surface area contributed by atoms with Gasteiger partial charge in [0, 0.05) is 41.8 Å². The molecule has 0 aliphatic heterocycles. The molecular weight excluding hydrogens is 557 g/mol. The molecule has 0 rings (SSSR count). The van der Waals surface area contributed by atoms with E-state index in [-0.39, 0.29) is 97.9 Å². The van der Waals surface area contributed by atoms with Crippen molar-refractivity contribution in [2.24, 2.45) is 0 Å². The number of rotatable bonds is 10. The molecular formula is C31H102OSi6. The third-order valence-corrected chi connectivity index (χ3v) is 38.5. The number of hydrogen-bond donors (Lipinski definition) is 1. The van der Waals surface area contributed by atoms with Crippen LogP contribution in [0.15, 0.2) is 0 Å². The molecule has 38 heavy (non-hydrogen) atoms. The van der Waals surface area contributed by atoms with E-state index in [0.29, 0.717) is 0 Å². The van der Waals surface area contributed by atoms with Gasteiger partial charge >= 0.3 is 0 Å². The second-order valence-electron chi connectivity index (χ2n) is 12.2. The maximum atomic E-state index is 10.9. The first kappa shape index (κ1) is 90.1. The molecule has 0 spiro atoms. The van der Waals surface area contributed by atoms with Crippen molar-refractivity contribution in [1.29, 1.82) is 0 Å². The lowest BCUT2D eigenvalue weighted by Gasteiger charge is -2.35. The summed E-state index contributed by atoms with van der Waals surface area (Å²) >= 11 is 0. The van der Waals surface area contributed by atoms with Gasteiger partial charge in [0.2, 0.25) is 0 Å². The molecule has 0 radical (unpaired) electrons. The molecule has 0 bridgehead atoms. The Morgan fingerprint density at radius 3 is 0.816 bits per heavy atom. The predicted molar refractivity (Wildman–Crippen MR) is 225 cm³/mol. The van der Waals surface area contributed by atoms with Gasteiger partial charge < -0.3 is 4.80 Å². The van der Waals surface area contributed by atoms with Gasteiger partial charge in [-0.2, -0.15) is 0 Å². The highest BCUT2D eigenvalue weighted by Gasteiger charge is 2.39. The Morgan fingerprint density at radius 1 is 0.421 bits per heavy atom. The molecule has 0 amide bonds. The highest BCUT2D eigenvalue weighted by Crippen LogP contribution is 2.30. The largest absolute Gasteiger partial charge is 0.433 e. The fraction of sp³-hybridized carbons (Fsp3) is 1.00. The van der Waals surface area contributed by atoms with Crippen LogP contribution in [-0.2, 0) is 0 Å². The average molecular weight is 660 g/mol. The van der Waals surface area contributed by atoms with E-state index in [1.165, 1.54) is 29.1 Å². The fourth-order valence-electron chi connectivity index (χ4n) is 4.68. The van der Waals surface area contributed by atoms with Crippen LogP contribution < -0.4 is 0 Å². The smallest absolute Gasteiger partial charge is 0.180 e. The molecule has 0 aliphatic rings. The molecule has 0 aromatic heterocycles. The Morgan fingerprint density at radius 2 is 0.632 bits per heavy atom. The van der Waals surface area contributed by atoms with Crippen molar-refractivity contribution < 1.29 is 4.80 Å². The second kappa shape index (κ2) is 38.3. The van der Waals surface area contributed by atoms with E-state index in [2.05, 4.69) is 85.9 Å². The van der Waals surface area contributed by atoms with E-state index in [1.54, 1.807) is 5.67 Å². The van der Waals surface area contributed by atoms with E-state index in [4.69, 9.17) is 0 Å². The summed E-state index contributed by atoms with van der Waals surface area (Å²) in [6.45, 7) is 31.6. The third kappa shape index (κ3) is 57.2. The molecule has 1 N–H and O–H groups in total. The van der Waals surface area contributed by atoms with Crippen LogP contribution in [0.4, 0.5) is 0 Å². The average Bonchev–Trinajstić information content (AvgIpc) is 2.33. The first-order chi connectivity index (χ1) is 11.4. The predicted octanol–water partition coefficient (Wildman–Crippen LogP) is 14.5. The summed E-state index contributed by atoms with van der Waals surface area (Å²) in [6.07, 6.45) is 0. The monoisotopic (exact) mass is 659 g/mol. The summed E-state index contributed by atoms with van der Waals surface area (Å²) in [7, 11) is -5.53. The van der Waals surface area contributed by atoms with Crippen molar-refractivity contribution in [1.82, 2.24) is 0 Å². The molecule has 0 aromatic carbocycles. The quantitative estimate of drug-likeness (QED) is 0.232. The summed E-state index contributed by atoms with van der Waals surface area (Å²) in [6, 6.07) is 2.79. The maximum absolute atomic E-state index is 10.9. The van der Waals surface area contributed by atoms with Crippen LogP contribution in [0.2, 0.25) is 107 Å². The van der Waals surface area contributed by atoms with Crippen LogP contribution in [0, 0.1) is 0 Å². The molecule has 0 heterocycles. The third-order valence-electron chi connectivity index (χ3n) is 5.55. The molecule has 1 nitrogen and oxygen atoms in total. The zero-order valence-corrected chi connectivity index (χ0v) is 27.2. The Bertz CT molecular complexity index is 383. The van der Waals surface area contributed by atoms with Crippen molar-refractivity contribution in [3.63, 3.8) is 0 Å². The molecule has 0 saturated carbocycles. The molecule has 0 aromatic rings. The van der Waals surface area contributed by atoms with Crippen molar-refractivity contribution in [2.75, 3.05) is 0 Å². The highest BCUT2D eigenvalue weighted by atomic mass is 28.4. The first-order valence-corrected chi connectivity index (χ1v) is 30.4. The summed E-state index contributed by atoms with van der Waals surface area (Å²) < 4.78 is 0. The van der Waals surface area contributed by atoms with Crippen LogP contribution in [0.1, 0.15) is 103 Å². The molecule has 256 valence electrons. The molecule has 7 heteroatoms. The van der Waals surface area contributed by atoms with Gasteiger partial charge in [0.15, 0.2) is 8.32 Å². The van der Waals surface area contributed by atoms with E-state index in [0.717, 1.165) is 0 Å². The van der Waals surface area contributed by atoms with Gasteiger partial charge in [-0.05, 0) is 17.9 Å². The Balaban J connectivity index is -0.0000000208.